The number of benzene rings is 6. The summed E-state index contributed by atoms with van der Waals surface area (Å²) in [4.78, 5) is 21.7. The third-order valence-electron chi connectivity index (χ3n) is 19.8. The minimum atomic E-state index is -3.44. The Bertz CT molecular complexity index is 4670. The molecule has 566 valence electrons. The van der Waals surface area contributed by atoms with Crippen molar-refractivity contribution in [1.82, 2.24) is 38.1 Å². The first kappa shape index (κ1) is 83.3. The summed E-state index contributed by atoms with van der Waals surface area (Å²) in [5, 5.41) is 4.32. The number of nitrogens with one attached hydrogen (secondary N) is 2. The second-order valence-electron chi connectivity index (χ2n) is 31.1. The van der Waals surface area contributed by atoms with Crippen LogP contribution in [0.4, 0.5) is 17.1 Å². The van der Waals surface area contributed by atoms with Crippen molar-refractivity contribution < 1.29 is 16.8 Å². The number of nitrogens with zero attached hydrogens (tertiary/aromatic N) is 9. The van der Waals surface area contributed by atoms with Gasteiger partial charge in [-0.2, -0.15) is 0 Å². The van der Waals surface area contributed by atoms with E-state index in [0.717, 1.165) is 178 Å². The molecule has 0 aliphatic carbocycles. The maximum atomic E-state index is 12.4. The summed E-state index contributed by atoms with van der Waals surface area (Å²) in [6, 6.07) is 29.9. The van der Waals surface area contributed by atoms with Crippen LogP contribution in [-0.4, -0.2) is 99.0 Å². The van der Waals surface area contributed by atoms with Gasteiger partial charge in [-0.25, -0.2) is 41.2 Å². The molecule has 0 amide bonds. The summed E-state index contributed by atoms with van der Waals surface area (Å²) in [6.45, 7) is 30.8. The molecule has 0 bridgehead atoms. The molecule has 9 aromatic rings. The highest BCUT2D eigenvalue weighted by Crippen LogP contribution is 2.39. The van der Waals surface area contributed by atoms with Gasteiger partial charge in [0.2, 0.25) is 10.0 Å². The highest BCUT2D eigenvalue weighted by Gasteiger charge is 2.30. The normalized spacial score (nSPS) is 16.0. The first-order valence-corrected chi connectivity index (χ1v) is 42.6. The van der Waals surface area contributed by atoms with Crippen LogP contribution in [0.15, 0.2) is 91.0 Å². The molecule has 16 nitrogen and oxygen atoms in total. The van der Waals surface area contributed by atoms with E-state index >= 15 is 0 Å². The Kier molecular flexibility index (Phi) is 28.3. The molecule has 26 heteroatoms. The van der Waals surface area contributed by atoms with Crippen molar-refractivity contribution in [1.29, 1.82) is 0 Å². The molecule has 0 saturated carbocycles. The molecule has 3 aliphatic rings. The van der Waals surface area contributed by atoms with Crippen molar-refractivity contribution in [2.45, 2.75) is 175 Å². The molecule has 12 rings (SSSR count). The van der Waals surface area contributed by atoms with Crippen LogP contribution in [0.25, 0.3) is 33.1 Å². The molecule has 3 fully saturated rings. The topological polar surface area (TPSA) is 182 Å². The molecule has 104 heavy (non-hydrogen) atoms. The molecule has 0 radical (unpaired) electrons. The van der Waals surface area contributed by atoms with Crippen molar-refractivity contribution in [3.05, 3.63) is 172 Å². The van der Waals surface area contributed by atoms with Crippen molar-refractivity contribution in [2.24, 2.45) is 44.6 Å². The lowest BCUT2D eigenvalue weighted by Crippen LogP contribution is -2.38. The van der Waals surface area contributed by atoms with Crippen LogP contribution < -0.4 is 29.9 Å². The van der Waals surface area contributed by atoms with Crippen LogP contribution in [0.2, 0.25) is 30.1 Å². The van der Waals surface area contributed by atoms with Crippen molar-refractivity contribution >= 4 is 161 Å². The van der Waals surface area contributed by atoms with Crippen molar-refractivity contribution in [3.8, 4) is 0 Å². The Morgan fingerprint density at radius 2 is 0.760 bits per heavy atom. The first-order valence-electron chi connectivity index (χ1n) is 35.7. The number of piperidine rings is 3. The van der Waals surface area contributed by atoms with Gasteiger partial charge >= 0.3 is 0 Å². The van der Waals surface area contributed by atoms with Gasteiger partial charge in [0.05, 0.1) is 90.5 Å². The molecule has 3 saturated heterocycles. The number of halogens is 7. The fraction of sp³-hybridized carbons (Fsp3) is 0.500. The van der Waals surface area contributed by atoms with Gasteiger partial charge < -0.3 is 34.1 Å². The summed E-state index contributed by atoms with van der Waals surface area (Å²) >= 11 is 39.5. The van der Waals surface area contributed by atoms with Crippen molar-refractivity contribution in [3.63, 3.8) is 0 Å². The van der Waals surface area contributed by atoms with Gasteiger partial charge in [-0.15, -0.1) is 0 Å². The number of aromatic nitrogens is 6. The molecule has 0 spiro atoms. The van der Waals surface area contributed by atoms with E-state index in [2.05, 4.69) is 96.0 Å². The van der Waals surface area contributed by atoms with Gasteiger partial charge in [0, 0.05) is 114 Å². The molecular weight excluding hydrogens is 1510 g/mol. The fourth-order valence-corrected chi connectivity index (χ4v) is 15.5. The van der Waals surface area contributed by atoms with E-state index in [1.54, 1.807) is 20.8 Å². The number of nitrogens with two attached hydrogens (primary N) is 1. The van der Waals surface area contributed by atoms with Crippen LogP contribution in [0.1, 0.15) is 172 Å². The summed E-state index contributed by atoms with van der Waals surface area (Å²) in [5.74, 6) is 5.07. The standard InChI is InChI=1S/C26H34Cl2N4O2S.C26H34Cl2N4OS.C22H26Cl2N4.C4H9ClOS/c1-17-8-10-32(11-9-17)23-15-24-22(14-21(23)28)30-25(31(24)5)13-19-12-18(6-7-20(19)27)16-29-35(33,34)26(2,3)4;1-17-8-10-32(11-9-17)23-15-24-22(14-21(23)28)30-25(31(24)5)13-19-12-18(6-7-20(19)27)16-29-34(33)26(2,3)4;1-14-5-7-28(8-6-14)20-12-21-19(11-18(20)24)26-22(27(21)2)10-16-9-15(13-25)3-4-17(16)23;1-4(2,3)7(5)6/h6-7,12,14-15,17,29H,8-11,13,16H2,1-5H3;6-7,12,14-15,17,29H,8-11,13,16H2,1-5H3;3-4,9,11-12,14H,5-8,10,13,25H2,1-2H3;1-3H3. The van der Waals surface area contributed by atoms with E-state index in [-0.39, 0.29) is 16.0 Å². The second kappa shape index (κ2) is 35.3. The molecule has 2 atom stereocenters. The van der Waals surface area contributed by atoms with Gasteiger partial charge in [-0.3, -0.25) is 0 Å². The number of hydrogen-bond donors (Lipinski definition) is 3. The lowest BCUT2D eigenvalue weighted by Gasteiger charge is -2.32. The largest absolute Gasteiger partial charge is 0.370 e. The first-order chi connectivity index (χ1) is 48.8. The molecule has 4 N–H and O–H groups in total. The zero-order valence-corrected chi connectivity index (χ0v) is 70.5. The summed E-state index contributed by atoms with van der Waals surface area (Å²) in [6.07, 6.45) is 8.94. The van der Waals surface area contributed by atoms with Crippen LogP contribution in [-0.2, 0) is 91.1 Å². The third-order valence-corrected chi connectivity index (χ3v) is 27.9. The maximum Gasteiger partial charge on any atom is 0.216 e. The summed E-state index contributed by atoms with van der Waals surface area (Å²) in [7, 11) is 5.56. The predicted molar refractivity (Wildman–Crippen MR) is 444 cm³/mol. The number of anilines is 3. The zero-order chi connectivity index (χ0) is 76.1. The van der Waals surface area contributed by atoms with Gasteiger partial charge in [0.25, 0.3) is 0 Å². The monoisotopic (exact) mass is 1610 g/mol. The van der Waals surface area contributed by atoms with Gasteiger partial charge in [-0.05, 0) is 217 Å². The van der Waals surface area contributed by atoms with Crippen LogP contribution in [0.5, 0.6) is 0 Å². The lowest BCUT2D eigenvalue weighted by atomic mass is 9.99. The second-order valence-corrected chi connectivity index (χ2v) is 40.7. The Labute approximate surface area is 656 Å². The Morgan fingerprint density at radius 3 is 1.05 bits per heavy atom. The predicted octanol–water partition coefficient (Wildman–Crippen LogP) is 19.0. The minimum absolute atomic E-state index is 0.208. The molecule has 2 unspecified atom stereocenters. The number of hydrogen-bond acceptors (Lipinski definition) is 11. The SMILES string of the molecule is CC(C)(C)S(=O)Cl.CC1CCN(c2cc3c(cc2Cl)nc(Cc2cc(CN)ccc2Cl)n3C)CC1.CC1CCN(c2cc3c(cc2Cl)nc(Cc2cc(CNS(=O)(=O)C(C)(C)C)ccc2Cl)n3C)CC1.CC1CCN(c2cc3c(cc2Cl)nc(Cc2cc(CNS(=O)C(C)(C)C)ccc2Cl)n3C)CC1. The Morgan fingerprint density at radius 1 is 0.462 bits per heavy atom. The smallest absolute Gasteiger partial charge is 0.216 e. The average molecular weight is 1620 g/mol. The molecular formula is C78H103Cl7N12O4S3. The van der Waals surface area contributed by atoms with Crippen LogP contribution in [0.3, 0.4) is 0 Å². The molecule has 3 aliphatic heterocycles. The van der Waals surface area contributed by atoms with Crippen LogP contribution in [0, 0.1) is 17.8 Å². The lowest BCUT2D eigenvalue weighted by molar-refractivity contribution is 0.438. The van der Waals surface area contributed by atoms with E-state index in [9.17, 15) is 16.8 Å². The van der Waals surface area contributed by atoms with Crippen LogP contribution >= 0.6 is 80.3 Å². The van der Waals surface area contributed by atoms with E-state index in [4.69, 9.17) is 101 Å². The number of sulfonamides is 1. The number of aryl methyl sites for hydroxylation is 3. The molecule has 6 aromatic carbocycles. The van der Waals surface area contributed by atoms with E-state index in [0.29, 0.717) is 42.4 Å². The summed E-state index contributed by atoms with van der Waals surface area (Å²) < 4.78 is 58.3. The highest BCUT2D eigenvalue weighted by atomic mass is 35.7. The van der Waals surface area contributed by atoms with Gasteiger partial charge in [0.1, 0.15) is 27.5 Å². The quantitative estimate of drug-likeness (QED) is 0.0783. The fourth-order valence-electron chi connectivity index (χ4n) is 12.6. The maximum absolute atomic E-state index is 12.4. The Hall–Kier alpha value is -4.71. The van der Waals surface area contributed by atoms with Gasteiger partial charge in [-0.1, -0.05) is 127 Å². The van der Waals surface area contributed by atoms with E-state index in [1.807, 2.05) is 116 Å². The average Bonchev–Trinajstić information content (AvgIpc) is 1.63. The molecule has 6 heterocycles. The number of rotatable bonds is 16. The number of fused-ring (bicyclic) bond motifs is 3. The van der Waals surface area contributed by atoms with E-state index in [1.165, 1.54) is 38.5 Å². The zero-order valence-electron chi connectivity index (χ0n) is 62.7. The van der Waals surface area contributed by atoms with Gasteiger partial charge in [0.15, 0.2) is 0 Å². The highest BCUT2D eigenvalue weighted by molar-refractivity contribution is 8.09. The van der Waals surface area contributed by atoms with E-state index < -0.39 is 35.8 Å². The van der Waals surface area contributed by atoms with Crippen molar-refractivity contribution in [2.75, 3.05) is 54.0 Å². The Balaban J connectivity index is 0.000000173. The summed E-state index contributed by atoms with van der Waals surface area (Å²) in [5.41, 5.74) is 20.8. The minimum Gasteiger partial charge on any atom is -0.370 e. The molecule has 3 aromatic heterocycles. The third kappa shape index (κ3) is 21.2. The number of imidazole rings is 3.